The number of quaternary nitrogens is 1. The molecule has 0 aromatic heterocycles. The average Bonchev–Trinajstić information content (AvgIpc) is 2.33. The average molecular weight is 313 g/mol. The molecule has 0 heterocycles. The third-order valence-corrected chi connectivity index (χ3v) is 5.09. The first kappa shape index (κ1) is 18.1. The van der Waals surface area contributed by atoms with Crippen molar-refractivity contribution in [2.75, 3.05) is 27.2 Å². The zero-order valence-corrected chi connectivity index (χ0v) is 14.9. The second-order valence-corrected chi connectivity index (χ2v) is 8.67. The van der Waals surface area contributed by atoms with Gasteiger partial charge in [-0.15, -0.1) is 0 Å². The van der Waals surface area contributed by atoms with Crippen molar-refractivity contribution < 1.29 is 13.3 Å². The van der Waals surface area contributed by atoms with Crippen molar-refractivity contribution in [2.45, 2.75) is 44.4 Å². The lowest BCUT2D eigenvalue weighted by molar-refractivity contribution is -0.858. The molecule has 0 unspecified atom stereocenters. The van der Waals surface area contributed by atoms with Crippen molar-refractivity contribution in [3.05, 3.63) is 29.3 Å². The fourth-order valence-electron chi connectivity index (χ4n) is 2.08. The Labute approximate surface area is 129 Å². The van der Waals surface area contributed by atoms with Crippen LogP contribution in [0.1, 0.15) is 38.3 Å². The summed E-state index contributed by atoms with van der Waals surface area (Å²) in [5, 5.41) is 0. The van der Waals surface area contributed by atoms with Crippen LogP contribution < -0.4 is 9.62 Å². The van der Waals surface area contributed by atoms with E-state index in [1.54, 1.807) is 6.07 Å². The maximum absolute atomic E-state index is 12.5. The monoisotopic (exact) mass is 313 g/mol. The van der Waals surface area contributed by atoms with Gasteiger partial charge in [-0.1, -0.05) is 32.9 Å². The van der Waals surface area contributed by atoms with Gasteiger partial charge in [-0.05, 0) is 29.5 Å². The van der Waals surface area contributed by atoms with Crippen LogP contribution in [-0.4, -0.2) is 35.6 Å². The first-order valence-corrected chi connectivity index (χ1v) is 8.92. The third-order valence-electron chi connectivity index (χ3n) is 3.49. The molecule has 0 spiro atoms. The van der Waals surface area contributed by atoms with Gasteiger partial charge in [0.25, 0.3) is 0 Å². The third kappa shape index (κ3) is 5.41. The van der Waals surface area contributed by atoms with Gasteiger partial charge in [-0.3, -0.25) is 0 Å². The molecule has 1 aromatic carbocycles. The van der Waals surface area contributed by atoms with E-state index in [9.17, 15) is 8.42 Å². The van der Waals surface area contributed by atoms with Crippen molar-refractivity contribution in [1.82, 2.24) is 4.72 Å². The minimum Gasteiger partial charge on any atom is -0.340 e. The van der Waals surface area contributed by atoms with Crippen LogP contribution in [0, 0.1) is 6.92 Å². The first-order valence-electron chi connectivity index (χ1n) is 7.44. The number of rotatable bonds is 6. The van der Waals surface area contributed by atoms with Crippen LogP contribution in [0.3, 0.4) is 0 Å². The summed E-state index contributed by atoms with van der Waals surface area (Å²) in [5.74, 6) is 0. The Kier molecular flexibility index (Phi) is 5.96. The molecule has 0 amide bonds. The van der Waals surface area contributed by atoms with E-state index in [1.165, 1.54) is 4.90 Å². The van der Waals surface area contributed by atoms with Crippen LogP contribution in [0.5, 0.6) is 0 Å². The normalized spacial score (nSPS) is 12.9. The van der Waals surface area contributed by atoms with Crippen LogP contribution >= 0.6 is 0 Å². The van der Waals surface area contributed by atoms with E-state index in [0.717, 1.165) is 24.1 Å². The van der Waals surface area contributed by atoms with E-state index in [2.05, 4.69) is 39.6 Å². The van der Waals surface area contributed by atoms with E-state index in [1.807, 2.05) is 19.1 Å². The molecule has 0 atom stereocenters. The Morgan fingerprint density at radius 2 is 1.81 bits per heavy atom. The fourth-order valence-corrected chi connectivity index (χ4v) is 3.42. The second kappa shape index (κ2) is 6.90. The number of benzene rings is 1. The molecule has 0 aliphatic rings. The van der Waals surface area contributed by atoms with Gasteiger partial charge < -0.3 is 4.90 Å². The van der Waals surface area contributed by atoms with Crippen molar-refractivity contribution in [1.29, 1.82) is 0 Å². The Balaban J connectivity index is 2.92. The summed E-state index contributed by atoms with van der Waals surface area (Å²) in [6.07, 6.45) is 0.833. The second-order valence-electron chi connectivity index (χ2n) is 6.94. The van der Waals surface area contributed by atoms with E-state index in [0.29, 0.717) is 11.4 Å². The van der Waals surface area contributed by atoms with E-state index in [4.69, 9.17) is 0 Å². The molecular formula is C16H29N2O2S+. The number of sulfonamides is 1. The van der Waals surface area contributed by atoms with Gasteiger partial charge in [0.2, 0.25) is 10.0 Å². The predicted molar refractivity (Wildman–Crippen MR) is 87.4 cm³/mol. The van der Waals surface area contributed by atoms with E-state index >= 15 is 0 Å². The maximum atomic E-state index is 12.5. The topological polar surface area (TPSA) is 50.6 Å². The Morgan fingerprint density at radius 3 is 2.33 bits per heavy atom. The number of aryl methyl sites for hydroxylation is 1. The van der Waals surface area contributed by atoms with Crippen LogP contribution in [0.25, 0.3) is 0 Å². The number of hydrogen-bond acceptors (Lipinski definition) is 2. The lowest BCUT2D eigenvalue weighted by Gasteiger charge is -2.21. The number of nitrogens with one attached hydrogen (secondary N) is 2. The van der Waals surface area contributed by atoms with Crippen LogP contribution in [0.4, 0.5) is 0 Å². The van der Waals surface area contributed by atoms with Gasteiger partial charge in [0.05, 0.1) is 25.5 Å². The molecule has 0 aliphatic carbocycles. The summed E-state index contributed by atoms with van der Waals surface area (Å²) in [6, 6.07) is 5.69. The molecule has 5 heteroatoms. The highest BCUT2D eigenvalue weighted by Gasteiger charge is 2.21. The molecule has 0 saturated carbocycles. The quantitative estimate of drug-likeness (QED) is 0.773. The maximum Gasteiger partial charge on any atom is 0.240 e. The molecule has 21 heavy (non-hydrogen) atoms. The Hall–Kier alpha value is -0.910. The van der Waals surface area contributed by atoms with Gasteiger partial charge in [0.15, 0.2) is 0 Å². The highest BCUT2D eigenvalue weighted by molar-refractivity contribution is 7.89. The molecule has 2 N–H and O–H groups in total. The van der Waals surface area contributed by atoms with Crippen molar-refractivity contribution in [3.8, 4) is 0 Å². The summed E-state index contributed by atoms with van der Waals surface area (Å²) in [7, 11) is 0.691. The molecule has 0 saturated heterocycles. The highest BCUT2D eigenvalue weighted by Crippen LogP contribution is 2.26. The summed E-state index contributed by atoms with van der Waals surface area (Å²) in [6.45, 7) is 9.52. The van der Waals surface area contributed by atoms with Crippen molar-refractivity contribution in [3.63, 3.8) is 0 Å². The van der Waals surface area contributed by atoms with Gasteiger partial charge >= 0.3 is 0 Å². The first-order chi connectivity index (χ1) is 9.54. The highest BCUT2D eigenvalue weighted by atomic mass is 32.2. The summed E-state index contributed by atoms with van der Waals surface area (Å²) in [4.78, 5) is 1.72. The van der Waals surface area contributed by atoms with E-state index < -0.39 is 10.0 Å². The fraction of sp³-hybridized carbons (Fsp3) is 0.625. The molecule has 0 aliphatic heterocycles. The smallest absolute Gasteiger partial charge is 0.240 e. The minimum atomic E-state index is -3.43. The van der Waals surface area contributed by atoms with Gasteiger partial charge in [0, 0.05) is 13.0 Å². The molecule has 1 aromatic rings. The molecular weight excluding hydrogens is 284 g/mol. The van der Waals surface area contributed by atoms with Crippen LogP contribution in [0.15, 0.2) is 23.1 Å². The van der Waals surface area contributed by atoms with Crippen LogP contribution in [-0.2, 0) is 15.4 Å². The van der Waals surface area contributed by atoms with Crippen LogP contribution in [0.2, 0.25) is 0 Å². The van der Waals surface area contributed by atoms with E-state index in [-0.39, 0.29) is 5.41 Å². The largest absolute Gasteiger partial charge is 0.340 e. The van der Waals surface area contributed by atoms with Gasteiger partial charge in [0.1, 0.15) is 0 Å². The molecule has 4 nitrogen and oxygen atoms in total. The van der Waals surface area contributed by atoms with Crippen molar-refractivity contribution in [2.24, 2.45) is 0 Å². The molecule has 0 fully saturated rings. The molecule has 1 rings (SSSR count). The standard InChI is InChI=1S/C16H28N2O2S/c1-13-8-9-14(16(2,3)4)12-15(13)21(19,20)17-10-7-11-18(5)6/h8-9,12,17H,7,10-11H2,1-6H3/p+1. The Morgan fingerprint density at radius 1 is 1.19 bits per heavy atom. The molecule has 120 valence electrons. The molecule has 0 radical (unpaired) electrons. The summed E-state index contributed by atoms with van der Waals surface area (Å²) >= 11 is 0. The van der Waals surface area contributed by atoms with Gasteiger partial charge in [-0.25, -0.2) is 13.1 Å². The summed E-state index contributed by atoms with van der Waals surface area (Å²) < 4.78 is 27.6. The Bertz CT molecular complexity index is 572. The summed E-state index contributed by atoms with van der Waals surface area (Å²) in [5.41, 5.74) is 1.76. The number of hydrogen-bond donors (Lipinski definition) is 2. The SMILES string of the molecule is Cc1ccc(C(C)(C)C)cc1S(=O)(=O)NCCC[NH+](C)C. The zero-order chi connectivity index (χ0) is 16.3. The van der Waals surface area contributed by atoms with Gasteiger partial charge in [-0.2, -0.15) is 0 Å². The lowest BCUT2D eigenvalue weighted by atomic mass is 9.87. The predicted octanol–water partition coefficient (Wildman–Crippen LogP) is 1.11. The lowest BCUT2D eigenvalue weighted by Crippen LogP contribution is -3.05. The zero-order valence-electron chi connectivity index (χ0n) is 14.1. The minimum absolute atomic E-state index is 0.0632. The molecule has 0 bridgehead atoms. The van der Waals surface area contributed by atoms with Crippen molar-refractivity contribution >= 4 is 10.0 Å².